The fraction of sp³-hybridized carbons (Fsp3) is 0.259. The van der Waals surface area contributed by atoms with Crippen LogP contribution in [0.4, 0.5) is 26.2 Å². The van der Waals surface area contributed by atoms with Crippen molar-refractivity contribution in [3.63, 3.8) is 0 Å². The first-order valence-corrected chi connectivity index (χ1v) is 11.1. The van der Waals surface area contributed by atoms with Crippen LogP contribution >= 0.6 is 0 Å². The van der Waals surface area contributed by atoms with Crippen molar-refractivity contribution in [2.75, 3.05) is 16.0 Å². The third-order valence-electron chi connectivity index (χ3n) is 5.25. The van der Waals surface area contributed by atoms with Gasteiger partial charge in [-0.3, -0.25) is 0 Å². The standard InChI is InChI=1S/C27H30FN3O3/c1-17(2)16-27(3,4)31-23-14-13-18(19-9-5-6-10-20(19)25(32)33)15-24(23)30-26(34)29-22-12-8-7-11-21(22)28/h5-15,17,31H,16H2,1-4H3,(H,32,33)(H2,29,30,34). The molecule has 7 heteroatoms. The minimum atomic E-state index is -1.04. The zero-order chi connectivity index (χ0) is 24.9. The monoisotopic (exact) mass is 463 g/mol. The van der Waals surface area contributed by atoms with E-state index in [0.717, 1.165) is 6.42 Å². The highest BCUT2D eigenvalue weighted by molar-refractivity contribution is 6.03. The van der Waals surface area contributed by atoms with Crippen LogP contribution in [0.3, 0.4) is 0 Å². The van der Waals surface area contributed by atoms with Crippen LogP contribution in [0, 0.1) is 11.7 Å². The van der Waals surface area contributed by atoms with Crippen molar-refractivity contribution in [1.82, 2.24) is 0 Å². The number of carbonyl (C=O) groups excluding carboxylic acids is 1. The van der Waals surface area contributed by atoms with E-state index in [1.807, 2.05) is 12.1 Å². The minimum absolute atomic E-state index is 0.0574. The number of hydrogen-bond donors (Lipinski definition) is 4. The van der Waals surface area contributed by atoms with Gasteiger partial charge in [0, 0.05) is 5.54 Å². The van der Waals surface area contributed by atoms with Crippen LogP contribution in [0.5, 0.6) is 0 Å². The molecule has 0 aliphatic carbocycles. The second-order valence-electron chi connectivity index (χ2n) is 9.28. The number of urea groups is 1. The van der Waals surface area contributed by atoms with Gasteiger partial charge in [0.15, 0.2) is 0 Å². The smallest absolute Gasteiger partial charge is 0.336 e. The molecule has 0 radical (unpaired) electrons. The van der Waals surface area contributed by atoms with E-state index in [9.17, 15) is 19.1 Å². The maximum absolute atomic E-state index is 14.0. The molecular formula is C27H30FN3O3. The van der Waals surface area contributed by atoms with Gasteiger partial charge in [-0.2, -0.15) is 0 Å². The summed E-state index contributed by atoms with van der Waals surface area (Å²) >= 11 is 0. The molecule has 0 aliphatic rings. The number of carbonyl (C=O) groups is 2. The van der Waals surface area contributed by atoms with E-state index in [4.69, 9.17) is 0 Å². The van der Waals surface area contributed by atoms with Crippen molar-refractivity contribution < 1.29 is 19.1 Å². The molecule has 178 valence electrons. The van der Waals surface area contributed by atoms with Gasteiger partial charge in [-0.25, -0.2) is 14.0 Å². The minimum Gasteiger partial charge on any atom is -0.478 e. The number of amides is 2. The van der Waals surface area contributed by atoms with Crippen molar-refractivity contribution in [3.8, 4) is 11.1 Å². The van der Waals surface area contributed by atoms with Gasteiger partial charge in [-0.15, -0.1) is 0 Å². The Morgan fingerprint density at radius 3 is 2.24 bits per heavy atom. The first kappa shape index (κ1) is 24.8. The maximum Gasteiger partial charge on any atom is 0.336 e. The molecule has 0 unspecified atom stereocenters. The van der Waals surface area contributed by atoms with E-state index in [0.29, 0.717) is 28.4 Å². The highest BCUT2D eigenvalue weighted by Gasteiger charge is 2.22. The Morgan fingerprint density at radius 1 is 0.912 bits per heavy atom. The number of rotatable bonds is 8. The number of hydrogen-bond acceptors (Lipinski definition) is 3. The Bertz CT molecular complexity index is 1190. The fourth-order valence-electron chi connectivity index (χ4n) is 4.12. The Balaban J connectivity index is 1.99. The van der Waals surface area contributed by atoms with Crippen LogP contribution in [0.2, 0.25) is 0 Å². The van der Waals surface area contributed by atoms with Crippen LogP contribution in [0.15, 0.2) is 66.7 Å². The fourth-order valence-corrected chi connectivity index (χ4v) is 4.12. The zero-order valence-electron chi connectivity index (χ0n) is 19.8. The van der Waals surface area contributed by atoms with E-state index in [1.54, 1.807) is 36.4 Å². The molecule has 0 saturated carbocycles. The van der Waals surface area contributed by atoms with E-state index >= 15 is 0 Å². The average Bonchev–Trinajstić information content (AvgIpc) is 2.75. The van der Waals surface area contributed by atoms with Crippen molar-refractivity contribution in [2.45, 2.75) is 39.7 Å². The van der Waals surface area contributed by atoms with E-state index in [2.05, 4.69) is 43.6 Å². The molecule has 0 aromatic heterocycles. The Kier molecular flexibility index (Phi) is 7.56. The van der Waals surface area contributed by atoms with Crippen molar-refractivity contribution in [2.24, 2.45) is 5.92 Å². The van der Waals surface area contributed by atoms with Gasteiger partial charge in [-0.05, 0) is 67.6 Å². The molecule has 3 aromatic rings. The molecule has 3 aromatic carbocycles. The largest absolute Gasteiger partial charge is 0.478 e. The lowest BCUT2D eigenvalue weighted by atomic mass is 9.92. The van der Waals surface area contributed by atoms with Crippen molar-refractivity contribution in [1.29, 1.82) is 0 Å². The van der Waals surface area contributed by atoms with E-state index < -0.39 is 17.8 Å². The molecule has 34 heavy (non-hydrogen) atoms. The molecule has 0 aliphatic heterocycles. The van der Waals surface area contributed by atoms with E-state index in [-0.39, 0.29) is 16.8 Å². The predicted octanol–water partition coefficient (Wildman–Crippen LogP) is 7.07. The number of anilines is 3. The molecule has 0 spiro atoms. The second kappa shape index (κ2) is 10.4. The molecule has 0 atom stereocenters. The van der Waals surface area contributed by atoms with Crippen molar-refractivity contribution in [3.05, 3.63) is 78.1 Å². The first-order valence-electron chi connectivity index (χ1n) is 11.1. The number of carboxylic acid groups (broad SMARTS) is 1. The first-order chi connectivity index (χ1) is 16.1. The van der Waals surface area contributed by atoms with Crippen LogP contribution in [0.1, 0.15) is 44.5 Å². The average molecular weight is 464 g/mol. The highest BCUT2D eigenvalue weighted by Crippen LogP contribution is 2.34. The number of nitrogens with one attached hydrogen (secondary N) is 3. The number of aromatic carboxylic acids is 1. The molecule has 4 N–H and O–H groups in total. The summed E-state index contributed by atoms with van der Waals surface area (Å²) in [6.45, 7) is 8.42. The van der Waals surface area contributed by atoms with Crippen LogP contribution < -0.4 is 16.0 Å². The molecule has 3 rings (SSSR count). The Morgan fingerprint density at radius 2 is 1.56 bits per heavy atom. The van der Waals surface area contributed by atoms with Gasteiger partial charge in [0.25, 0.3) is 0 Å². The molecule has 0 bridgehead atoms. The summed E-state index contributed by atoms with van der Waals surface area (Å²) in [6, 6.07) is 17.3. The summed E-state index contributed by atoms with van der Waals surface area (Å²) in [5.41, 5.74) is 2.22. The Labute approximate surface area is 199 Å². The summed E-state index contributed by atoms with van der Waals surface area (Å²) < 4.78 is 14.0. The SMILES string of the molecule is CC(C)CC(C)(C)Nc1ccc(-c2ccccc2C(=O)O)cc1NC(=O)Nc1ccccc1F. The molecule has 2 amide bonds. The Hall–Kier alpha value is -3.87. The number of carboxylic acids is 1. The van der Waals surface area contributed by atoms with Gasteiger partial charge in [-0.1, -0.05) is 50.2 Å². The third kappa shape index (κ3) is 6.34. The lowest BCUT2D eigenvalue weighted by Gasteiger charge is -2.31. The molecular weight excluding hydrogens is 433 g/mol. The van der Waals surface area contributed by atoms with Crippen LogP contribution in [-0.2, 0) is 0 Å². The zero-order valence-corrected chi connectivity index (χ0v) is 19.8. The van der Waals surface area contributed by atoms with Crippen molar-refractivity contribution >= 4 is 29.1 Å². The number of benzene rings is 3. The van der Waals surface area contributed by atoms with Crippen LogP contribution in [-0.4, -0.2) is 22.6 Å². The van der Waals surface area contributed by atoms with Gasteiger partial charge < -0.3 is 21.1 Å². The quantitative estimate of drug-likeness (QED) is 0.287. The summed E-state index contributed by atoms with van der Waals surface area (Å²) in [5.74, 6) is -1.13. The third-order valence-corrected chi connectivity index (χ3v) is 5.25. The van der Waals surface area contributed by atoms with E-state index in [1.165, 1.54) is 18.2 Å². The van der Waals surface area contributed by atoms with Gasteiger partial charge in [0.1, 0.15) is 5.82 Å². The van der Waals surface area contributed by atoms with Gasteiger partial charge >= 0.3 is 12.0 Å². The number of para-hydroxylation sites is 1. The lowest BCUT2D eigenvalue weighted by molar-refractivity contribution is 0.0697. The summed E-state index contributed by atoms with van der Waals surface area (Å²) in [7, 11) is 0. The molecule has 6 nitrogen and oxygen atoms in total. The van der Waals surface area contributed by atoms with Gasteiger partial charge in [0.2, 0.25) is 0 Å². The number of halogens is 1. The summed E-state index contributed by atoms with van der Waals surface area (Å²) in [5, 5.41) is 18.4. The molecule has 0 fully saturated rings. The second-order valence-corrected chi connectivity index (χ2v) is 9.28. The lowest BCUT2D eigenvalue weighted by Crippen LogP contribution is -2.33. The van der Waals surface area contributed by atoms with Crippen LogP contribution in [0.25, 0.3) is 11.1 Å². The molecule has 0 heterocycles. The summed E-state index contributed by atoms with van der Waals surface area (Å²) in [4.78, 5) is 24.5. The normalized spacial score (nSPS) is 11.2. The predicted molar refractivity (Wildman–Crippen MR) is 135 cm³/mol. The summed E-state index contributed by atoms with van der Waals surface area (Å²) in [6.07, 6.45) is 0.886. The molecule has 0 saturated heterocycles. The van der Waals surface area contributed by atoms with Gasteiger partial charge in [0.05, 0.1) is 22.6 Å². The highest BCUT2D eigenvalue weighted by atomic mass is 19.1. The topological polar surface area (TPSA) is 90.5 Å². The maximum atomic E-state index is 14.0.